The van der Waals surface area contributed by atoms with E-state index < -0.39 is 0 Å². The monoisotopic (exact) mass is 318 g/mol. The van der Waals surface area contributed by atoms with E-state index in [1.54, 1.807) is 18.9 Å². The van der Waals surface area contributed by atoms with E-state index in [1.165, 1.54) is 0 Å². The van der Waals surface area contributed by atoms with E-state index in [0.717, 1.165) is 29.5 Å². The number of hydrogen-bond acceptors (Lipinski definition) is 4. The van der Waals surface area contributed by atoms with Crippen LogP contribution in [-0.2, 0) is 4.79 Å². The van der Waals surface area contributed by atoms with E-state index in [2.05, 4.69) is 10.6 Å². The van der Waals surface area contributed by atoms with Crippen molar-refractivity contribution >= 4 is 30.1 Å². The third kappa shape index (κ3) is 8.30. The smallest absolute Gasteiger partial charge is 0.220 e. The number of hydrogen-bond donors (Lipinski definition) is 2. The molecular weight excluding hydrogens is 296 g/mol. The lowest BCUT2D eigenvalue weighted by Crippen LogP contribution is -2.31. The molecule has 0 unspecified atom stereocenters. The Labute approximate surface area is 131 Å². The highest BCUT2D eigenvalue weighted by molar-refractivity contribution is 7.99. The van der Waals surface area contributed by atoms with Gasteiger partial charge < -0.3 is 15.4 Å². The van der Waals surface area contributed by atoms with Crippen molar-refractivity contribution in [3.63, 3.8) is 0 Å². The maximum atomic E-state index is 11.5. The second kappa shape index (κ2) is 11.9. The van der Waals surface area contributed by atoms with Crippen LogP contribution in [0.15, 0.2) is 29.2 Å². The molecule has 0 spiro atoms. The van der Waals surface area contributed by atoms with E-state index in [-0.39, 0.29) is 18.3 Å². The normalized spacial score (nSPS) is 9.70. The Kier molecular flexibility index (Phi) is 11.3. The summed E-state index contributed by atoms with van der Waals surface area (Å²) in [6.45, 7) is 4.50. The molecule has 0 fully saturated rings. The van der Waals surface area contributed by atoms with Gasteiger partial charge in [0.2, 0.25) is 5.91 Å². The van der Waals surface area contributed by atoms with Gasteiger partial charge in [-0.15, -0.1) is 24.2 Å². The molecule has 0 saturated heterocycles. The zero-order valence-electron chi connectivity index (χ0n) is 12.0. The summed E-state index contributed by atoms with van der Waals surface area (Å²) in [4.78, 5) is 12.7. The van der Waals surface area contributed by atoms with Crippen LogP contribution in [0, 0.1) is 0 Å². The summed E-state index contributed by atoms with van der Waals surface area (Å²) in [6, 6.07) is 7.87. The van der Waals surface area contributed by atoms with Gasteiger partial charge in [-0.1, -0.05) is 6.92 Å². The van der Waals surface area contributed by atoms with Gasteiger partial charge in [0.1, 0.15) is 5.75 Å². The molecule has 0 atom stereocenters. The van der Waals surface area contributed by atoms with Gasteiger partial charge in [-0.2, -0.15) is 0 Å². The predicted molar refractivity (Wildman–Crippen MR) is 87.1 cm³/mol. The molecule has 0 saturated carbocycles. The van der Waals surface area contributed by atoms with E-state index >= 15 is 0 Å². The van der Waals surface area contributed by atoms with Crippen molar-refractivity contribution in [3.8, 4) is 5.75 Å². The van der Waals surface area contributed by atoms with Gasteiger partial charge in [0.15, 0.2) is 0 Å². The van der Waals surface area contributed by atoms with E-state index in [9.17, 15) is 4.79 Å². The molecule has 0 aliphatic rings. The lowest BCUT2D eigenvalue weighted by Gasteiger charge is -2.06. The van der Waals surface area contributed by atoms with Crippen LogP contribution in [-0.4, -0.2) is 38.4 Å². The Hall–Kier alpha value is -0.910. The van der Waals surface area contributed by atoms with Gasteiger partial charge in [-0.05, 0) is 30.8 Å². The highest BCUT2D eigenvalue weighted by Crippen LogP contribution is 2.21. The minimum atomic E-state index is 0. The number of thioether (sulfide) groups is 1. The second-order valence-corrected chi connectivity index (χ2v) is 5.15. The number of nitrogens with one attached hydrogen (secondary N) is 2. The molecule has 1 aromatic rings. The quantitative estimate of drug-likeness (QED) is 0.542. The molecule has 2 N–H and O–H groups in total. The molecular formula is C14H23ClN2O2S. The fraction of sp³-hybridized carbons (Fsp3) is 0.500. The number of ether oxygens (including phenoxy) is 1. The van der Waals surface area contributed by atoms with Crippen molar-refractivity contribution < 1.29 is 9.53 Å². The number of carbonyl (C=O) groups is 1. The zero-order valence-corrected chi connectivity index (χ0v) is 13.6. The number of rotatable bonds is 9. The molecule has 1 rings (SSSR count). The highest BCUT2D eigenvalue weighted by Gasteiger charge is 2.01. The Morgan fingerprint density at radius 1 is 1.25 bits per heavy atom. The van der Waals surface area contributed by atoms with Crippen LogP contribution in [0.4, 0.5) is 0 Å². The molecule has 0 radical (unpaired) electrons. The number of amides is 1. The van der Waals surface area contributed by atoms with Gasteiger partial charge in [0.25, 0.3) is 0 Å². The van der Waals surface area contributed by atoms with Gasteiger partial charge in [0.05, 0.1) is 7.11 Å². The molecule has 0 bridgehead atoms. The molecule has 1 amide bonds. The fourth-order valence-electron chi connectivity index (χ4n) is 1.49. The maximum Gasteiger partial charge on any atom is 0.220 e. The molecule has 0 aliphatic carbocycles. The first-order valence-corrected chi connectivity index (χ1v) is 7.49. The molecule has 1 aromatic carbocycles. The Morgan fingerprint density at radius 3 is 2.55 bits per heavy atom. The lowest BCUT2D eigenvalue weighted by molar-refractivity contribution is -0.120. The second-order valence-electron chi connectivity index (χ2n) is 3.98. The van der Waals surface area contributed by atoms with E-state index in [4.69, 9.17) is 4.74 Å². The van der Waals surface area contributed by atoms with Crippen molar-refractivity contribution in [3.05, 3.63) is 24.3 Å². The van der Waals surface area contributed by atoms with Crippen LogP contribution in [0.1, 0.15) is 13.3 Å². The number of halogens is 1. The maximum absolute atomic E-state index is 11.5. The largest absolute Gasteiger partial charge is 0.497 e. The number of benzene rings is 1. The van der Waals surface area contributed by atoms with Crippen LogP contribution >= 0.6 is 24.2 Å². The Morgan fingerprint density at radius 2 is 1.95 bits per heavy atom. The van der Waals surface area contributed by atoms with Crippen LogP contribution in [0.2, 0.25) is 0 Å². The summed E-state index contributed by atoms with van der Waals surface area (Å²) < 4.78 is 5.10. The van der Waals surface area contributed by atoms with Crippen LogP contribution < -0.4 is 15.4 Å². The van der Waals surface area contributed by atoms with Gasteiger partial charge in [-0.25, -0.2) is 0 Å². The summed E-state index contributed by atoms with van der Waals surface area (Å²) in [6.07, 6.45) is 0.544. The topological polar surface area (TPSA) is 50.4 Å². The Balaban J connectivity index is 0.00000361. The third-order valence-electron chi connectivity index (χ3n) is 2.53. The predicted octanol–water partition coefficient (Wildman–Crippen LogP) is 2.32. The average molecular weight is 319 g/mol. The van der Waals surface area contributed by atoms with Gasteiger partial charge in [0, 0.05) is 30.2 Å². The fourth-order valence-corrected chi connectivity index (χ4v) is 2.34. The molecule has 0 aromatic heterocycles. The molecule has 0 aliphatic heterocycles. The first-order chi connectivity index (χ1) is 9.26. The van der Waals surface area contributed by atoms with Crippen LogP contribution in [0.25, 0.3) is 0 Å². The Bertz CT molecular complexity index is 374. The third-order valence-corrected chi connectivity index (χ3v) is 3.54. The minimum Gasteiger partial charge on any atom is -0.497 e. The molecule has 6 heteroatoms. The van der Waals surface area contributed by atoms with E-state index in [1.807, 2.05) is 31.2 Å². The zero-order chi connectivity index (χ0) is 13.9. The van der Waals surface area contributed by atoms with Crippen molar-refractivity contribution in [1.29, 1.82) is 0 Å². The number of carbonyl (C=O) groups excluding carboxylic acids is 1. The molecule has 114 valence electrons. The summed E-state index contributed by atoms with van der Waals surface area (Å²) >= 11 is 1.68. The van der Waals surface area contributed by atoms with Crippen molar-refractivity contribution in [2.24, 2.45) is 0 Å². The number of methoxy groups -OCH3 is 1. The molecule has 20 heavy (non-hydrogen) atoms. The number of likely N-dealkylation sites (N-methyl/N-ethyl adjacent to an activating group) is 1. The first kappa shape index (κ1) is 19.1. The standard InChI is InChI=1S/C14H22N2O2S.ClH/c1-3-15-9-10-16-14(17)8-11-19-13-6-4-12(18-2)5-7-13;/h4-7,15H,3,8-11H2,1-2H3,(H,16,17);1H. The summed E-state index contributed by atoms with van der Waals surface area (Å²) in [5, 5.41) is 6.05. The highest BCUT2D eigenvalue weighted by atomic mass is 35.5. The SMILES string of the molecule is CCNCCNC(=O)CCSc1ccc(OC)cc1.Cl. The van der Waals surface area contributed by atoms with Gasteiger partial charge >= 0.3 is 0 Å². The van der Waals surface area contributed by atoms with Crippen molar-refractivity contribution in [2.45, 2.75) is 18.2 Å². The summed E-state index contributed by atoms with van der Waals surface area (Å²) in [5.41, 5.74) is 0. The average Bonchev–Trinajstić information content (AvgIpc) is 2.44. The molecule has 4 nitrogen and oxygen atoms in total. The van der Waals surface area contributed by atoms with Crippen molar-refractivity contribution in [2.75, 3.05) is 32.5 Å². The lowest BCUT2D eigenvalue weighted by atomic mass is 10.3. The van der Waals surface area contributed by atoms with Crippen LogP contribution in [0.5, 0.6) is 5.75 Å². The van der Waals surface area contributed by atoms with E-state index in [0.29, 0.717) is 13.0 Å². The summed E-state index contributed by atoms with van der Waals surface area (Å²) in [5.74, 6) is 1.75. The molecule has 0 heterocycles. The summed E-state index contributed by atoms with van der Waals surface area (Å²) in [7, 11) is 1.65. The minimum absolute atomic E-state index is 0. The van der Waals surface area contributed by atoms with Crippen LogP contribution in [0.3, 0.4) is 0 Å². The van der Waals surface area contributed by atoms with Crippen molar-refractivity contribution in [1.82, 2.24) is 10.6 Å². The van der Waals surface area contributed by atoms with Gasteiger partial charge in [-0.3, -0.25) is 4.79 Å². The first-order valence-electron chi connectivity index (χ1n) is 6.50.